The van der Waals surface area contributed by atoms with E-state index in [4.69, 9.17) is 0 Å². The van der Waals surface area contributed by atoms with Crippen molar-refractivity contribution in [3.63, 3.8) is 0 Å². The summed E-state index contributed by atoms with van der Waals surface area (Å²) in [4.78, 5) is 5.75. The highest BCUT2D eigenvalue weighted by Gasteiger charge is 2.19. The van der Waals surface area contributed by atoms with Crippen molar-refractivity contribution < 1.29 is 4.39 Å². The molecule has 3 rings (SSSR count). The van der Waals surface area contributed by atoms with E-state index in [-0.39, 0.29) is 5.82 Å². The molecule has 2 nitrogen and oxygen atoms in total. The van der Waals surface area contributed by atoms with Crippen LogP contribution >= 0.6 is 11.3 Å². The van der Waals surface area contributed by atoms with Crippen LogP contribution in [0.5, 0.6) is 0 Å². The minimum Gasteiger partial charge on any atom is -0.382 e. The summed E-state index contributed by atoms with van der Waals surface area (Å²) >= 11 is 1.70. The molecule has 2 aromatic rings. The molecular formula is C12H11FN2S. The Morgan fingerprint density at radius 3 is 3.19 bits per heavy atom. The highest BCUT2D eigenvalue weighted by atomic mass is 32.1. The molecule has 0 unspecified atom stereocenters. The van der Waals surface area contributed by atoms with Gasteiger partial charge in [0.2, 0.25) is 0 Å². The lowest BCUT2D eigenvalue weighted by Gasteiger charge is -2.07. The monoisotopic (exact) mass is 234 g/mol. The molecule has 0 amide bonds. The lowest BCUT2D eigenvalue weighted by atomic mass is 10.1. The Bertz CT molecular complexity index is 548. The average molecular weight is 234 g/mol. The fourth-order valence-corrected chi connectivity index (χ4v) is 3.00. The molecule has 0 aliphatic carbocycles. The lowest BCUT2D eigenvalue weighted by molar-refractivity contribution is 0.631. The maximum Gasteiger partial charge on any atom is 0.146 e. The third kappa shape index (κ3) is 1.41. The Hall–Kier alpha value is -1.42. The number of fused-ring (bicyclic) bond motifs is 3. The zero-order valence-corrected chi connectivity index (χ0v) is 9.70. The van der Waals surface area contributed by atoms with Gasteiger partial charge in [-0.2, -0.15) is 0 Å². The summed E-state index contributed by atoms with van der Waals surface area (Å²) in [5.41, 5.74) is 2.42. The maximum atomic E-state index is 13.7. The van der Waals surface area contributed by atoms with Crippen LogP contribution in [-0.4, -0.2) is 11.5 Å². The van der Waals surface area contributed by atoms with Crippen molar-refractivity contribution in [1.29, 1.82) is 0 Å². The van der Waals surface area contributed by atoms with Gasteiger partial charge in [0, 0.05) is 23.4 Å². The van der Waals surface area contributed by atoms with Crippen molar-refractivity contribution in [2.24, 2.45) is 0 Å². The SMILES string of the molecule is Cc1nc2c(s1)CCNc1c(F)cccc1-2. The molecule has 16 heavy (non-hydrogen) atoms. The van der Waals surface area contributed by atoms with Crippen LogP contribution in [-0.2, 0) is 6.42 Å². The number of para-hydroxylation sites is 1. The van der Waals surface area contributed by atoms with Gasteiger partial charge in [-0.1, -0.05) is 12.1 Å². The number of rotatable bonds is 0. The molecule has 4 heteroatoms. The fourth-order valence-electron chi connectivity index (χ4n) is 2.05. The molecule has 0 radical (unpaired) electrons. The van der Waals surface area contributed by atoms with E-state index in [1.165, 1.54) is 10.9 Å². The Morgan fingerprint density at radius 1 is 1.44 bits per heavy atom. The minimum atomic E-state index is -0.198. The van der Waals surface area contributed by atoms with Crippen LogP contribution in [0.2, 0.25) is 0 Å². The van der Waals surface area contributed by atoms with Gasteiger partial charge in [-0.3, -0.25) is 0 Å². The van der Waals surface area contributed by atoms with E-state index in [0.717, 1.165) is 29.2 Å². The number of aromatic nitrogens is 1. The second-order valence-electron chi connectivity index (χ2n) is 3.84. The first-order valence-electron chi connectivity index (χ1n) is 5.25. The number of nitrogens with zero attached hydrogens (tertiary/aromatic N) is 1. The van der Waals surface area contributed by atoms with Gasteiger partial charge in [0.1, 0.15) is 5.82 Å². The number of hydrogen-bond donors (Lipinski definition) is 1. The molecular weight excluding hydrogens is 223 g/mol. The summed E-state index contributed by atoms with van der Waals surface area (Å²) < 4.78 is 13.7. The van der Waals surface area contributed by atoms with Gasteiger partial charge in [0.25, 0.3) is 0 Å². The largest absolute Gasteiger partial charge is 0.382 e. The summed E-state index contributed by atoms with van der Waals surface area (Å²) in [7, 11) is 0. The van der Waals surface area contributed by atoms with Gasteiger partial charge < -0.3 is 5.32 Å². The van der Waals surface area contributed by atoms with Crippen molar-refractivity contribution in [3.05, 3.63) is 33.9 Å². The van der Waals surface area contributed by atoms with Gasteiger partial charge in [-0.05, 0) is 13.0 Å². The Morgan fingerprint density at radius 2 is 2.31 bits per heavy atom. The molecule has 1 N–H and O–H groups in total. The normalized spacial score (nSPS) is 13.6. The van der Waals surface area contributed by atoms with Crippen LogP contribution in [0.3, 0.4) is 0 Å². The Labute approximate surface area is 97.2 Å². The summed E-state index contributed by atoms with van der Waals surface area (Å²) in [6, 6.07) is 5.14. The number of hydrogen-bond acceptors (Lipinski definition) is 3. The highest BCUT2D eigenvalue weighted by Crippen LogP contribution is 2.36. The fraction of sp³-hybridized carbons (Fsp3) is 0.250. The van der Waals surface area contributed by atoms with Crippen LogP contribution < -0.4 is 5.32 Å². The van der Waals surface area contributed by atoms with Gasteiger partial charge in [-0.25, -0.2) is 9.37 Å². The molecule has 1 aromatic heterocycles. The molecule has 82 valence electrons. The third-order valence-corrected chi connectivity index (χ3v) is 3.76. The zero-order chi connectivity index (χ0) is 11.1. The molecule has 0 saturated carbocycles. The molecule has 2 heterocycles. The molecule has 0 spiro atoms. The molecule has 1 aromatic carbocycles. The molecule has 1 aliphatic heterocycles. The number of nitrogens with one attached hydrogen (secondary N) is 1. The van der Waals surface area contributed by atoms with Crippen LogP contribution in [0.25, 0.3) is 11.3 Å². The minimum absolute atomic E-state index is 0.198. The Kier molecular flexibility index (Phi) is 2.17. The average Bonchev–Trinajstić information content (AvgIpc) is 2.53. The third-order valence-electron chi connectivity index (χ3n) is 2.73. The quantitative estimate of drug-likeness (QED) is 0.757. The van der Waals surface area contributed by atoms with E-state index in [2.05, 4.69) is 10.3 Å². The van der Waals surface area contributed by atoms with E-state index < -0.39 is 0 Å². The van der Waals surface area contributed by atoms with Gasteiger partial charge in [0.15, 0.2) is 0 Å². The predicted molar refractivity (Wildman–Crippen MR) is 64.4 cm³/mol. The van der Waals surface area contributed by atoms with Crippen molar-refractivity contribution in [2.45, 2.75) is 13.3 Å². The van der Waals surface area contributed by atoms with Crippen LogP contribution in [0, 0.1) is 12.7 Å². The summed E-state index contributed by atoms with van der Waals surface area (Å²) in [5, 5.41) is 4.18. The molecule has 1 aliphatic rings. The number of thiazole rings is 1. The Balaban J connectivity index is 2.29. The topological polar surface area (TPSA) is 24.9 Å². The first-order valence-corrected chi connectivity index (χ1v) is 6.06. The van der Waals surface area contributed by atoms with E-state index in [1.807, 2.05) is 13.0 Å². The highest BCUT2D eigenvalue weighted by molar-refractivity contribution is 7.12. The first-order chi connectivity index (χ1) is 7.75. The molecule has 0 atom stereocenters. The van der Waals surface area contributed by atoms with Crippen molar-refractivity contribution in [2.75, 3.05) is 11.9 Å². The van der Waals surface area contributed by atoms with Gasteiger partial charge in [0.05, 0.1) is 16.4 Å². The van der Waals surface area contributed by atoms with Crippen LogP contribution in [0.1, 0.15) is 9.88 Å². The predicted octanol–water partition coefficient (Wildman–Crippen LogP) is 3.23. The summed E-state index contributed by atoms with van der Waals surface area (Å²) in [6.45, 7) is 2.76. The number of halogens is 1. The van der Waals surface area contributed by atoms with Crippen LogP contribution in [0.15, 0.2) is 18.2 Å². The van der Waals surface area contributed by atoms with Crippen molar-refractivity contribution >= 4 is 17.0 Å². The van der Waals surface area contributed by atoms with E-state index >= 15 is 0 Å². The van der Waals surface area contributed by atoms with Gasteiger partial charge >= 0.3 is 0 Å². The van der Waals surface area contributed by atoms with Crippen molar-refractivity contribution in [3.8, 4) is 11.3 Å². The maximum absolute atomic E-state index is 13.7. The second kappa shape index (κ2) is 3.56. The summed E-state index contributed by atoms with van der Waals surface area (Å²) in [6.07, 6.45) is 0.912. The van der Waals surface area contributed by atoms with E-state index in [9.17, 15) is 4.39 Å². The summed E-state index contributed by atoms with van der Waals surface area (Å²) in [5.74, 6) is -0.198. The van der Waals surface area contributed by atoms with E-state index in [1.54, 1.807) is 17.4 Å². The number of anilines is 1. The molecule has 0 bridgehead atoms. The zero-order valence-electron chi connectivity index (χ0n) is 8.88. The second-order valence-corrected chi connectivity index (χ2v) is 5.13. The van der Waals surface area contributed by atoms with E-state index in [0.29, 0.717) is 5.69 Å². The smallest absolute Gasteiger partial charge is 0.146 e. The van der Waals surface area contributed by atoms with Gasteiger partial charge in [-0.15, -0.1) is 11.3 Å². The van der Waals surface area contributed by atoms with Crippen LogP contribution in [0.4, 0.5) is 10.1 Å². The lowest BCUT2D eigenvalue weighted by Crippen LogP contribution is -2.03. The number of benzene rings is 1. The number of aryl methyl sites for hydroxylation is 1. The molecule has 0 fully saturated rings. The molecule has 0 saturated heterocycles. The van der Waals surface area contributed by atoms with Crippen molar-refractivity contribution in [1.82, 2.24) is 4.98 Å². The first kappa shape index (κ1) is 9.78. The standard InChI is InChI=1S/C12H11FN2S/c1-7-15-12-8-3-2-4-9(13)11(8)14-6-5-10(12)16-7/h2-4,14H,5-6H2,1H3.